The Kier molecular flexibility index (Phi) is 6.67. The van der Waals surface area contributed by atoms with Crippen LogP contribution in [0.2, 0.25) is 0 Å². The molecule has 1 saturated heterocycles. The summed E-state index contributed by atoms with van der Waals surface area (Å²) in [5.41, 5.74) is 1.26. The number of methoxy groups -OCH3 is 2. The molecule has 30 heavy (non-hydrogen) atoms. The van der Waals surface area contributed by atoms with Crippen LogP contribution >= 0.6 is 0 Å². The van der Waals surface area contributed by atoms with E-state index in [0.29, 0.717) is 23.6 Å². The minimum absolute atomic E-state index is 0.0832. The Bertz CT molecular complexity index is 1020. The molecule has 162 valence electrons. The number of rotatable bonds is 7. The van der Waals surface area contributed by atoms with Crippen molar-refractivity contribution in [3.05, 3.63) is 53.6 Å². The molecule has 1 amide bonds. The first kappa shape index (κ1) is 22.1. The van der Waals surface area contributed by atoms with E-state index in [2.05, 4.69) is 4.72 Å². The Morgan fingerprint density at radius 2 is 1.90 bits per heavy atom. The molecule has 0 bridgehead atoms. The Morgan fingerprint density at radius 1 is 1.13 bits per heavy atom. The van der Waals surface area contributed by atoms with Gasteiger partial charge in [0.15, 0.2) is 0 Å². The Morgan fingerprint density at radius 3 is 2.57 bits per heavy atom. The van der Waals surface area contributed by atoms with Crippen molar-refractivity contribution in [1.82, 2.24) is 9.62 Å². The van der Waals surface area contributed by atoms with Gasteiger partial charge in [-0.3, -0.25) is 4.79 Å². The van der Waals surface area contributed by atoms with Crippen molar-refractivity contribution in [3.8, 4) is 11.5 Å². The quantitative estimate of drug-likeness (QED) is 0.725. The summed E-state index contributed by atoms with van der Waals surface area (Å²) in [6.45, 7) is 4.10. The highest BCUT2D eigenvalue weighted by molar-refractivity contribution is 7.89. The zero-order valence-corrected chi connectivity index (χ0v) is 18.5. The van der Waals surface area contributed by atoms with Gasteiger partial charge in [-0.15, -0.1) is 0 Å². The van der Waals surface area contributed by atoms with Crippen LogP contribution < -0.4 is 14.2 Å². The van der Waals surface area contributed by atoms with Gasteiger partial charge < -0.3 is 14.4 Å². The first-order valence-corrected chi connectivity index (χ1v) is 11.4. The summed E-state index contributed by atoms with van der Waals surface area (Å²) in [5, 5.41) is 0. The molecule has 2 aromatic rings. The van der Waals surface area contributed by atoms with Gasteiger partial charge in [-0.2, -0.15) is 0 Å². The molecule has 3 rings (SSSR count). The summed E-state index contributed by atoms with van der Waals surface area (Å²) < 4.78 is 38.4. The van der Waals surface area contributed by atoms with E-state index in [9.17, 15) is 13.2 Å². The van der Waals surface area contributed by atoms with Gasteiger partial charge in [-0.1, -0.05) is 6.07 Å². The minimum atomic E-state index is -3.68. The minimum Gasteiger partial charge on any atom is -0.497 e. The molecule has 1 aliphatic rings. The van der Waals surface area contributed by atoms with Gasteiger partial charge in [0.2, 0.25) is 10.0 Å². The number of ether oxygens (including phenoxy) is 2. The van der Waals surface area contributed by atoms with Crippen LogP contribution in [0.15, 0.2) is 47.4 Å². The van der Waals surface area contributed by atoms with Gasteiger partial charge >= 0.3 is 0 Å². The molecule has 1 unspecified atom stereocenters. The number of carbonyl (C=O) groups is 1. The summed E-state index contributed by atoms with van der Waals surface area (Å²) in [5.74, 6) is 1.15. The average Bonchev–Trinajstić information content (AvgIpc) is 3.21. The van der Waals surface area contributed by atoms with Gasteiger partial charge in [0.1, 0.15) is 11.5 Å². The molecule has 8 heteroatoms. The molecule has 2 aromatic carbocycles. The highest BCUT2D eigenvalue weighted by Crippen LogP contribution is 2.39. The molecule has 1 atom stereocenters. The maximum absolute atomic E-state index is 13.3. The summed E-state index contributed by atoms with van der Waals surface area (Å²) in [4.78, 5) is 15.2. The molecule has 0 radical (unpaired) electrons. The molecule has 0 aromatic heterocycles. The number of nitrogens with one attached hydrogen (secondary N) is 1. The first-order valence-electron chi connectivity index (χ1n) is 9.92. The van der Waals surface area contributed by atoms with Crippen LogP contribution in [0, 0.1) is 0 Å². The van der Waals surface area contributed by atoms with Crippen LogP contribution in [-0.2, 0) is 10.0 Å². The fraction of sp³-hybridized carbons (Fsp3) is 0.409. The highest BCUT2D eigenvalue weighted by atomic mass is 32.2. The van der Waals surface area contributed by atoms with Crippen LogP contribution in [-0.4, -0.2) is 46.0 Å². The Balaban J connectivity index is 1.91. The van der Waals surface area contributed by atoms with Gasteiger partial charge in [0.25, 0.3) is 5.91 Å². The zero-order valence-electron chi connectivity index (χ0n) is 17.7. The number of likely N-dealkylation sites (tertiary alicyclic amines) is 1. The van der Waals surface area contributed by atoms with Gasteiger partial charge in [0, 0.05) is 29.8 Å². The van der Waals surface area contributed by atoms with E-state index >= 15 is 0 Å². The Hall–Kier alpha value is -2.58. The van der Waals surface area contributed by atoms with Crippen molar-refractivity contribution in [2.45, 2.75) is 43.7 Å². The largest absolute Gasteiger partial charge is 0.497 e. The topological polar surface area (TPSA) is 84.9 Å². The second kappa shape index (κ2) is 9.06. The number of sulfonamides is 1. The number of hydrogen-bond acceptors (Lipinski definition) is 5. The number of carbonyl (C=O) groups excluding carboxylic acids is 1. The number of benzene rings is 2. The fourth-order valence-electron chi connectivity index (χ4n) is 3.77. The standard InChI is InChI=1S/C22H28N2O5S/c1-15(2)23-30(26,27)18-8-5-7-16(13-18)22(25)24-12-6-9-20(24)19-11-10-17(28-3)14-21(19)29-4/h5,7-8,10-11,13-15,20,23H,6,9,12H2,1-4H3. The molecule has 0 spiro atoms. The molecule has 1 aliphatic heterocycles. The molecule has 0 aliphatic carbocycles. The average molecular weight is 433 g/mol. The van der Waals surface area contributed by atoms with Crippen LogP contribution in [0.1, 0.15) is 48.7 Å². The highest BCUT2D eigenvalue weighted by Gasteiger charge is 2.33. The van der Waals surface area contributed by atoms with Gasteiger partial charge in [-0.05, 0) is 57.0 Å². The molecule has 0 saturated carbocycles. The third-order valence-electron chi connectivity index (χ3n) is 5.10. The van der Waals surface area contributed by atoms with E-state index in [0.717, 1.165) is 18.4 Å². The predicted octanol–water partition coefficient (Wildman–Crippen LogP) is 3.37. The molecule has 1 fully saturated rings. The second-order valence-corrected chi connectivity index (χ2v) is 9.28. The molecular weight excluding hydrogens is 404 g/mol. The summed E-state index contributed by atoms with van der Waals surface area (Å²) >= 11 is 0. The lowest BCUT2D eigenvalue weighted by Crippen LogP contribution is -2.32. The monoisotopic (exact) mass is 432 g/mol. The number of hydrogen-bond donors (Lipinski definition) is 1. The Labute approximate surface area is 178 Å². The maximum atomic E-state index is 13.3. The second-order valence-electron chi connectivity index (χ2n) is 7.57. The van der Waals surface area contributed by atoms with Crippen molar-refractivity contribution < 1.29 is 22.7 Å². The summed E-state index contributed by atoms with van der Waals surface area (Å²) in [6, 6.07) is 11.4. The first-order chi connectivity index (χ1) is 14.3. The molecule has 1 heterocycles. The van der Waals surface area contributed by atoms with Crippen LogP contribution in [0.5, 0.6) is 11.5 Å². The lowest BCUT2D eigenvalue weighted by atomic mass is 10.0. The number of nitrogens with zero attached hydrogens (tertiary/aromatic N) is 1. The fourth-order valence-corrected chi connectivity index (χ4v) is 5.06. The van der Waals surface area contributed by atoms with E-state index in [1.807, 2.05) is 12.1 Å². The summed E-state index contributed by atoms with van der Waals surface area (Å²) in [7, 11) is -0.493. The van der Waals surface area contributed by atoms with E-state index in [1.54, 1.807) is 51.2 Å². The van der Waals surface area contributed by atoms with Crippen LogP contribution in [0.4, 0.5) is 0 Å². The van der Waals surface area contributed by atoms with E-state index < -0.39 is 10.0 Å². The van der Waals surface area contributed by atoms with E-state index in [-0.39, 0.29) is 22.9 Å². The maximum Gasteiger partial charge on any atom is 0.254 e. The van der Waals surface area contributed by atoms with E-state index in [4.69, 9.17) is 9.47 Å². The lowest BCUT2D eigenvalue weighted by molar-refractivity contribution is 0.0734. The molecule has 7 nitrogen and oxygen atoms in total. The lowest BCUT2D eigenvalue weighted by Gasteiger charge is -2.27. The van der Waals surface area contributed by atoms with Gasteiger partial charge in [0.05, 0.1) is 25.2 Å². The van der Waals surface area contributed by atoms with Crippen molar-refractivity contribution in [1.29, 1.82) is 0 Å². The predicted molar refractivity (Wildman–Crippen MR) is 114 cm³/mol. The normalized spacial score (nSPS) is 16.7. The third-order valence-corrected chi connectivity index (χ3v) is 6.75. The SMILES string of the molecule is COc1ccc(C2CCCN2C(=O)c2cccc(S(=O)(=O)NC(C)C)c2)c(OC)c1. The van der Waals surface area contributed by atoms with Gasteiger partial charge in [-0.25, -0.2) is 13.1 Å². The number of amides is 1. The molecule has 1 N–H and O–H groups in total. The summed E-state index contributed by atoms with van der Waals surface area (Å²) in [6.07, 6.45) is 1.67. The van der Waals surface area contributed by atoms with Crippen molar-refractivity contribution in [2.24, 2.45) is 0 Å². The zero-order chi connectivity index (χ0) is 21.9. The third kappa shape index (κ3) is 4.60. The van der Waals surface area contributed by atoms with E-state index in [1.165, 1.54) is 12.1 Å². The molecular formula is C22H28N2O5S. The smallest absolute Gasteiger partial charge is 0.254 e. The van der Waals surface area contributed by atoms with Crippen molar-refractivity contribution >= 4 is 15.9 Å². The van der Waals surface area contributed by atoms with Crippen molar-refractivity contribution in [2.75, 3.05) is 20.8 Å². The van der Waals surface area contributed by atoms with Crippen LogP contribution in [0.3, 0.4) is 0 Å². The van der Waals surface area contributed by atoms with Crippen LogP contribution in [0.25, 0.3) is 0 Å². The van der Waals surface area contributed by atoms with Crippen molar-refractivity contribution in [3.63, 3.8) is 0 Å².